The number of nitrogens with two attached hydrogens (primary N) is 1. The van der Waals surface area contributed by atoms with Crippen LogP contribution in [0.15, 0.2) is 12.3 Å². The molecule has 0 aliphatic carbocycles. The molecule has 2 unspecified atom stereocenters. The van der Waals surface area contributed by atoms with Crippen LogP contribution in [0.4, 0.5) is 19.1 Å². The maximum atomic E-state index is 13.8. The minimum Gasteiger partial charge on any atom is -0.359 e. The van der Waals surface area contributed by atoms with Crippen LogP contribution in [-0.4, -0.2) is 71.9 Å². The maximum Gasteiger partial charge on any atom is 0.433 e. The molecular formula is C29H52F3N7O3. The molecule has 42 heavy (non-hydrogen) atoms. The number of hydrogen-bond acceptors (Lipinski definition) is 7. The molecule has 0 bridgehead atoms. The van der Waals surface area contributed by atoms with Gasteiger partial charge in [0.25, 0.3) is 0 Å². The number of alkyl halides is 3. The fourth-order valence-corrected chi connectivity index (χ4v) is 4.94. The van der Waals surface area contributed by atoms with Gasteiger partial charge < -0.3 is 26.6 Å². The van der Waals surface area contributed by atoms with E-state index in [0.29, 0.717) is 38.8 Å². The van der Waals surface area contributed by atoms with E-state index in [-0.39, 0.29) is 41.4 Å². The van der Waals surface area contributed by atoms with Gasteiger partial charge in [-0.25, -0.2) is 9.97 Å². The summed E-state index contributed by atoms with van der Waals surface area (Å²) in [4.78, 5) is 47.4. The van der Waals surface area contributed by atoms with Gasteiger partial charge in [0.2, 0.25) is 23.7 Å². The Morgan fingerprint density at radius 3 is 2.29 bits per heavy atom. The Morgan fingerprint density at radius 1 is 1.12 bits per heavy atom. The smallest absolute Gasteiger partial charge is 0.359 e. The molecule has 4 atom stereocenters. The number of anilines is 1. The first-order chi connectivity index (χ1) is 19.9. The second-order valence-corrected chi connectivity index (χ2v) is 10.3. The van der Waals surface area contributed by atoms with E-state index in [1.165, 1.54) is 7.05 Å². The Labute approximate surface area is 249 Å². The van der Waals surface area contributed by atoms with Crippen molar-refractivity contribution in [2.75, 3.05) is 32.5 Å². The first-order valence-electron chi connectivity index (χ1n) is 14.9. The number of rotatable bonds is 13. The number of aromatic nitrogens is 2. The molecule has 2 heterocycles. The van der Waals surface area contributed by atoms with E-state index in [0.717, 1.165) is 25.1 Å². The largest absolute Gasteiger partial charge is 0.433 e. The molecule has 0 aromatic carbocycles. The topological polar surface area (TPSA) is 142 Å². The van der Waals surface area contributed by atoms with Crippen molar-refractivity contribution in [3.63, 3.8) is 0 Å². The number of halogens is 3. The van der Waals surface area contributed by atoms with Crippen LogP contribution in [0.25, 0.3) is 0 Å². The molecule has 1 aromatic heterocycles. The molecule has 0 spiro atoms. The second kappa shape index (κ2) is 20.0. The molecule has 5 N–H and O–H groups in total. The lowest BCUT2D eigenvalue weighted by molar-refractivity contribution is -0.141. The van der Waals surface area contributed by atoms with Crippen molar-refractivity contribution in [2.24, 2.45) is 23.5 Å². The maximum absolute atomic E-state index is 13.8. The van der Waals surface area contributed by atoms with Crippen molar-refractivity contribution in [3.8, 4) is 0 Å². The Kier molecular flexibility index (Phi) is 18.6. The molecule has 13 heteroatoms. The van der Waals surface area contributed by atoms with E-state index in [9.17, 15) is 27.6 Å². The zero-order chi connectivity index (χ0) is 32.5. The van der Waals surface area contributed by atoms with E-state index in [2.05, 4.69) is 31.7 Å². The average Bonchev–Trinajstić information content (AvgIpc) is 3.42. The van der Waals surface area contributed by atoms with Gasteiger partial charge in [-0.2, -0.15) is 13.2 Å². The third-order valence-corrected chi connectivity index (χ3v) is 7.00. The van der Waals surface area contributed by atoms with Gasteiger partial charge in [0.05, 0.1) is 0 Å². The van der Waals surface area contributed by atoms with Crippen molar-refractivity contribution >= 4 is 23.7 Å². The highest BCUT2D eigenvalue weighted by atomic mass is 19.4. The second-order valence-electron chi connectivity index (χ2n) is 10.3. The van der Waals surface area contributed by atoms with Gasteiger partial charge in [-0.05, 0) is 50.6 Å². The fourth-order valence-electron chi connectivity index (χ4n) is 4.94. The van der Waals surface area contributed by atoms with Crippen LogP contribution in [-0.2, 0) is 20.6 Å². The molecule has 1 aliphatic heterocycles. The Bertz CT molecular complexity index is 947. The molecule has 0 radical (unpaired) electrons. The van der Waals surface area contributed by atoms with Crippen molar-refractivity contribution in [3.05, 3.63) is 18.0 Å². The van der Waals surface area contributed by atoms with Crippen LogP contribution in [0.2, 0.25) is 0 Å². The number of amides is 3. The van der Waals surface area contributed by atoms with Gasteiger partial charge in [-0.15, -0.1) is 0 Å². The molecule has 0 saturated carbocycles. The van der Waals surface area contributed by atoms with Gasteiger partial charge in [-0.3, -0.25) is 14.4 Å². The number of likely N-dealkylation sites (N-methyl/N-ethyl adjacent to an activating group) is 1. The molecule has 1 fully saturated rings. The van der Waals surface area contributed by atoms with Crippen LogP contribution >= 0.6 is 0 Å². The molecule has 2 rings (SSSR count). The van der Waals surface area contributed by atoms with Gasteiger partial charge in [0.1, 0.15) is 17.8 Å². The van der Waals surface area contributed by atoms with Gasteiger partial charge >= 0.3 is 6.18 Å². The number of unbranched alkanes of at least 4 members (excludes halogenated alkanes) is 1. The van der Waals surface area contributed by atoms with Crippen LogP contribution in [0.5, 0.6) is 0 Å². The van der Waals surface area contributed by atoms with Crippen molar-refractivity contribution in [2.45, 2.75) is 98.3 Å². The number of carbonyl (C=O) groups is 3. The Morgan fingerprint density at radius 2 is 1.74 bits per heavy atom. The normalized spacial score (nSPS) is 17.7. The molecule has 1 aliphatic rings. The lowest BCUT2D eigenvalue weighted by Gasteiger charge is -2.32. The molecule has 1 saturated heterocycles. The monoisotopic (exact) mass is 603 g/mol. The highest BCUT2D eigenvalue weighted by Gasteiger charge is 2.44. The van der Waals surface area contributed by atoms with E-state index >= 15 is 0 Å². The number of nitrogens with zero attached hydrogens (tertiary/aromatic N) is 3. The third kappa shape index (κ3) is 12.5. The van der Waals surface area contributed by atoms with E-state index in [1.807, 2.05) is 41.5 Å². The Hall–Kier alpha value is -2.96. The van der Waals surface area contributed by atoms with Gasteiger partial charge in [-0.1, -0.05) is 53.9 Å². The summed E-state index contributed by atoms with van der Waals surface area (Å²) in [6.07, 6.45) is -0.200. The number of carbonyl (C=O) groups excluding carboxylic acids is 3. The first kappa shape index (κ1) is 39.0. The van der Waals surface area contributed by atoms with E-state index < -0.39 is 24.0 Å². The lowest BCUT2D eigenvalue weighted by Crippen LogP contribution is -2.53. The van der Waals surface area contributed by atoms with Crippen LogP contribution in [0.3, 0.4) is 0 Å². The molecule has 10 nitrogen and oxygen atoms in total. The summed E-state index contributed by atoms with van der Waals surface area (Å²) >= 11 is 0. The van der Waals surface area contributed by atoms with Crippen molar-refractivity contribution < 1.29 is 27.6 Å². The quantitative estimate of drug-likeness (QED) is 0.247. The predicted molar refractivity (Wildman–Crippen MR) is 159 cm³/mol. The summed E-state index contributed by atoms with van der Waals surface area (Å²) in [5, 5.41) is 8.24. The molecular weight excluding hydrogens is 551 g/mol. The predicted octanol–water partition coefficient (Wildman–Crippen LogP) is 4.22. The average molecular weight is 604 g/mol. The van der Waals surface area contributed by atoms with Crippen LogP contribution in [0, 0.1) is 17.8 Å². The highest BCUT2D eigenvalue weighted by molar-refractivity contribution is 5.91. The lowest BCUT2D eigenvalue weighted by atomic mass is 9.88. The van der Waals surface area contributed by atoms with E-state index in [4.69, 9.17) is 0 Å². The van der Waals surface area contributed by atoms with Gasteiger partial charge in [0, 0.05) is 32.8 Å². The highest BCUT2D eigenvalue weighted by Crippen LogP contribution is 2.32. The minimum absolute atomic E-state index is 0.0264. The summed E-state index contributed by atoms with van der Waals surface area (Å²) in [6.45, 7) is 12.6. The van der Waals surface area contributed by atoms with Crippen LogP contribution in [0.1, 0.15) is 85.8 Å². The molecule has 1 aromatic rings. The first-order valence-corrected chi connectivity index (χ1v) is 14.9. The zero-order valence-electron chi connectivity index (χ0n) is 26.5. The summed E-state index contributed by atoms with van der Waals surface area (Å²) in [5.41, 5.74) is 3.39. The summed E-state index contributed by atoms with van der Waals surface area (Å²) < 4.78 is 39.6. The number of likely N-dealkylation sites (tertiary alicyclic amines) is 1. The number of hydrogen-bond donors (Lipinski definition) is 4. The SMILES string of the molecule is CC.CCNC(=O)C1[C@@H](C(C)C)CCN1C(=O)[C@H](CCCCC(C)CC(=O)NC)Nc1nccc(C(F)(F)F)n1.CN. The zero-order valence-corrected chi connectivity index (χ0v) is 26.5. The Balaban J connectivity index is 0.00000402. The number of nitrogens with one attached hydrogen (secondary N) is 3. The summed E-state index contributed by atoms with van der Waals surface area (Å²) in [6, 6.07) is -0.786. The molecule has 242 valence electrons. The summed E-state index contributed by atoms with van der Waals surface area (Å²) in [7, 11) is 3.09. The van der Waals surface area contributed by atoms with Crippen molar-refractivity contribution in [1.82, 2.24) is 25.5 Å². The van der Waals surface area contributed by atoms with E-state index in [1.54, 1.807) is 11.9 Å². The molecule has 3 amide bonds. The minimum atomic E-state index is -4.65. The fraction of sp³-hybridized carbons (Fsp3) is 0.759. The van der Waals surface area contributed by atoms with Gasteiger partial charge in [0.15, 0.2) is 0 Å². The van der Waals surface area contributed by atoms with Crippen LogP contribution < -0.4 is 21.7 Å². The summed E-state index contributed by atoms with van der Waals surface area (Å²) in [5.74, 6) is -0.629. The standard InChI is InChI=1S/C26H41F3N6O3.C2H6.CH5N/c1-6-31-23(37)22-18(16(2)3)12-14-35(22)24(38)19(10-8-7-9-17(4)15-21(36)30-5)33-25-32-13-11-20(34-25)26(27,28)29;2*1-2/h11,13,16-19,22H,6-10,12,14-15H2,1-5H3,(H,30,36)(H,31,37)(H,32,33,34);1-2H3;2H2,1H3/t17?,18-,19+,22?;;/m1../s1. The van der Waals surface area contributed by atoms with Crippen molar-refractivity contribution in [1.29, 1.82) is 0 Å². The third-order valence-electron chi connectivity index (χ3n) is 7.00.